The summed E-state index contributed by atoms with van der Waals surface area (Å²) in [5.74, 6) is 1.68. The predicted molar refractivity (Wildman–Crippen MR) is 71.8 cm³/mol. The molecule has 1 aromatic rings. The highest BCUT2D eigenvalue weighted by Gasteiger charge is 2.23. The molecule has 0 saturated heterocycles. The van der Waals surface area contributed by atoms with Crippen LogP contribution in [-0.2, 0) is 6.54 Å². The zero-order valence-electron chi connectivity index (χ0n) is 10.6. The van der Waals surface area contributed by atoms with Crippen molar-refractivity contribution in [2.75, 3.05) is 0 Å². The summed E-state index contributed by atoms with van der Waals surface area (Å²) < 4.78 is 0. The molecule has 2 unspecified atom stereocenters. The molecule has 3 heteroatoms. The lowest BCUT2D eigenvalue weighted by Crippen LogP contribution is -2.35. The number of nitrogens with one attached hydrogen (secondary N) is 1. The fraction of sp³-hybridized carbons (Fsp3) is 0.643. The minimum Gasteiger partial charge on any atom is -0.309 e. The van der Waals surface area contributed by atoms with Crippen molar-refractivity contribution in [2.45, 2.75) is 45.7 Å². The first-order valence-corrected chi connectivity index (χ1v) is 7.26. The number of nitrogens with zero attached hydrogens (tertiary/aromatic N) is 1. The summed E-state index contributed by atoms with van der Waals surface area (Å²) in [7, 11) is 0. The van der Waals surface area contributed by atoms with Crippen LogP contribution in [0, 0.1) is 23.2 Å². The van der Waals surface area contributed by atoms with E-state index in [0.29, 0.717) is 6.04 Å². The molecule has 0 aliphatic heterocycles. The SMILES string of the molecule is CC1CC(C)CC(NCc2cc(C#N)cs2)C1. The van der Waals surface area contributed by atoms with Crippen molar-refractivity contribution in [3.63, 3.8) is 0 Å². The first-order valence-electron chi connectivity index (χ1n) is 6.38. The van der Waals surface area contributed by atoms with Crippen LogP contribution in [0.5, 0.6) is 0 Å². The predicted octanol–water partition coefficient (Wildman–Crippen LogP) is 3.53. The lowest BCUT2D eigenvalue weighted by atomic mass is 9.80. The van der Waals surface area contributed by atoms with E-state index in [2.05, 4.69) is 25.2 Å². The molecule has 1 heterocycles. The van der Waals surface area contributed by atoms with Crippen LogP contribution in [0.4, 0.5) is 0 Å². The van der Waals surface area contributed by atoms with Crippen LogP contribution in [-0.4, -0.2) is 6.04 Å². The van der Waals surface area contributed by atoms with Crippen LogP contribution in [0.2, 0.25) is 0 Å². The van der Waals surface area contributed by atoms with Gasteiger partial charge in [-0.2, -0.15) is 5.26 Å². The maximum Gasteiger partial charge on any atom is 0.100 e. The van der Waals surface area contributed by atoms with Crippen LogP contribution in [0.25, 0.3) is 0 Å². The lowest BCUT2D eigenvalue weighted by Gasteiger charge is -2.32. The topological polar surface area (TPSA) is 35.8 Å². The first kappa shape index (κ1) is 12.6. The third-order valence-electron chi connectivity index (χ3n) is 3.53. The Bertz CT molecular complexity index is 395. The molecule has 2 rings (SSSR count). The fourth-order valence-electron chi connectivity index (χ4n) is 2.89. The van der Waals surface area contributed by atoms with Gasteiger partial charge in [-0.1, -0.05) is 13.8 Å². The van der Waals surface area contributed by atoms with Gasteiger partial charge in [-0.25, -0.2) is 0 Å². The number of thiophene rings is 1. The van der Waals surface area contributed by atoms with E-state index in [1.807, 2.05) is 11.4 Å². The van der Waals surface area contributed by atoms with Crippen LogP contribution in [0.3, 0.4) is 0 Å². The van der Waals surface area contributed by atoms with E-state index >= 15 is 0 Å². The van der Waals surface area contributed by atoms with Gasteiger partial charge in [0.1, 0.15) is 6.07 Å². The second-order valence-electron chi connectivity index (χ2n) is 5.41. The van der Waals surface area contributed by atoms with Gasteiger partial charge in [-0.05, 0) is 37.2 Å². The zero-order chi connectivity index (χ0) is 12.3. The lowest BCUT2D eigenvalue weighted by molar-refractivity contribution is 0.238. The molecule has 2 nitrogen and oxygen atoms in total. The van der Waals surface area contributed by atoms with E-state index in [9.17, 15) is 0 Å². The van der Waals surface area contributed by atoms with Gasteiger partial charge in [-0.15, -0.1) is 11.3 Å². The summed E-state index contributed by atoms with van der Waals surface area (Å²) in [6, 6.07) is 4.83. The van der Waals surface area contributed by atoms with Gasteiger partial charge in [-0.3, -0.25) is 0 Å². The van der Waals surface area contributed by atoms with Gasteiger partial charge in [0.2, 0.25) is 0 Å². The van der Waals surface area contributed by atoms with Crippen LogP contribution in [0.15, 0.2) is 11.4 Å². The van der Waals surface area contributed by atoms with Crippen molar-refractivity contribution in [1.82, 2.24) is 5.32 Å². The number of hydrogen-bond donors (Lipinski definition) is 1. The first-order chi connectivity index (χ1) is 8.17. The van der Waals surface area contributed by atoms with Gasteiger partial charge >= 0.3 is 0 Å². The van der Waals surface area contributed by atoms with Gasteiger partial charge < -0.3 is 5.32 Å². The van der Waals surface area contributed by atoms with Crippen LogP contribution in [0.1, 0.15) is 43.6 Å². The summed E-state index contributed by atoms with van der Waals surface area (Å²) in [5.41, 5.74) is 0.789. The molecule has 1 aliphatic carbocycles. The second-order valence-corrected chi connectivity index (χ2v) is 6.40. The third-order valence-corrected chi connectivity index (χ3v) is 4.46. The maximum absolute atomic E-state index is 8.77. The number of nitriles is 1. The number of hydrogen-bond acceptors (Lipinski definition) is 3. The molecule has 0 amide bonds. The molecule has 2 atom stereocenters. The third kappa shape index (κ3) is 3.55. The summed E-state index contributed by atoms with van der Waals surface area (Å²) in [5, 5.41) is 14.3. The smallest absolute Gasteiger partial charge is 0.100 e. The monoisotopic (exact) mass is 248 g/mol. The van der Waals surface area contributed by atoms with Crippen molar-refractivity contribution in [1.29, 1.82) is 5.26 Å². The molecule has 1 aromatic heterocycles. The highest BCUT2D eigenvalue weighted by atomic mass is 32.1. The van der Waals surface area contributed by atoms with Gasteiger partial charge in [0.25, 0.3) is 0 Å². The standard InChI is InChI=1S/C14H20N2S/c1-10-3-11(2)5-13(4-10)16-8-14-6-12(7-15)9-17-14/h6,9-11,13,16H,3-5,8H2,1-2H3. The molecule has 1 fully saturated rings. The summed E-state index contributed by atoms with van der Waals surface area (Å²) in [4.78, 5) is 1.27. The largest absolute Gasteiger partial charge is 0.309 e. The quantitative estimate of drug-likeness (QED) is 0.888. The van der Waals surface area contributed by atoms with E-state index in [1.54, 1.807) is 11.3 Å². The highest BCUT2D eigenvalue weighted by Crippen LogP contribution is 2.28. The number of rotatable bonds is 3. The van der Waals surface area contributed by atoms with Crippen LogP contribution < -0.4 is 5.32 Å². The normalized spacial score (nSPS) is 28.9. The molecule has 0 radical (unpaired) electrons. The maximum atomic E-state index is 8.77. The molecular weight excluding hydrogens is 228 g/mol. The van der Waals surface area contributed by atoms with Crippen molar-refractivity contribution in [3.05, 3.63) is 21.9 Å². The van der Waals surface area contributed by atoms with Crippen molar-refractivity contribution in [3.8, 4) is 6.07 Å². The van der Waals surface area contributed by atoms with Crippen LogP contribution >= 0.6 is 11.3 Å². The Kier molecular flexibility index (Phi) is 4.20. The van der Waals surface area contributed by atoms with Crippen molar-refractivity contribution >= 4 is 11.3 Å². The molecule has 92 valence electrons. The highest BCUT2D eigenvalue weighted by molar-refractivity contribution is 7.10. The van der Waals surface area contributed by atoms with Crippen molar-refractivity contribution < 1.29 is 0 Å². The Morgan fingerprint density at radius 2 is 2.06 bits per heavy atom. The van der Waals surface area contributed by atoms with Gasteiger partial charge in [0, 0.05) is 22.8 Å². The Balaban J connectivity index is 1.83. The van der Waals surface area contributed by atoms with E-state index in [-0.39, 0.29) is 0 Å². The molecular formula is C14H20N2S. The molecule has 0 bridgehead atoms. The Morgan fingerprint density at radius 1 is 1.35 bits per heavy atom. The minimum absolute atomic E-state index is 0.654. The van der Waals surface area contributed by atoms with E-state index in [0.717, 1.165) is 23.9 Å². The molecule has 1 saturated carbocycles. The molecule has 0 spiro atoms. The summed E-state index contributed by atoms with van der Waals surface area (Å²) in [6.07, 6.45) is 3.96. The van der Waals surface area contributed by atoms with E-state index in [1.165, 1.54) is 24.1 Å². The zero-order valence-corrected chi connectivity index (χ0v) is 11.4. The average molecular weight is 248 g/mol. The van der Waals surface area contributed by atoms with E-state index in [4.69, 9.17) is 5.26 Å². The van der Waals surface area contributed by atoms with Gasteiger partial charge in [0.15, 0.2) is 0 Å². The van der Waals surface area contributed by atoms with Crippen molar-refractivity contribution in [2.24, 2.45) is 11.8 Å². The Labute approximate surface area is 108 Å². The molecule has 17 heavy (non-hydrogen) atoms. The Hall–Kier alpha value is -0.850. The van der Waals surface area contributed by atoms with E-state index < -0.39 is 0 Å². The molecule has 1 aliphatic rings. The summed E-state index contributed by atoms with van der Waals surface area (Å²) in [6.45, 7) is 5.61. The second kappa shape index (κ2) is 5.66. The van der Waals surface area contributed by atoms with Gasteiger partial charge in [0.05, 0.1) is 5.56 Å². The Morgan fingerprint density at radius 3 is 2.65 bits per heavy atom. The molecule has 0 aromatic carbocycles. The average Bonchev–Trinajstić information content (AvgIpc) is 2.73. The fourth-order valence-corrected chi connectivity index (χ4v) is 3.65. The minimum atomic E-state index is 0.654. The molecule has 1 N–H and O–H groups in total. The summed E-state index contributed by atoms with van der Waals surface area (Å²) >= 11 is 1.68.